The summed E-state index contributed by atoms with van der Waals surface area (Å²) in [6.07, 6.45) is 4.21. The fraction of sp³-hybridized carbons (Fsp3) is 0.500. The van der Waals surface area contributed by atoms with Gasteiger partial charge in [0.2, 0.25) is 0 Å². The van der Waals surface area contributed by atoms with Gasteiger partial charge >= 0.3 is 5.97 Å². The molecule has 0 fully saturated rings. The quantitative estimate of drug-likeness (QED) is 0.713. The van der Waals surface area contributed by atoms with E-state index in [0.29, 0.717) is 6.61 Å². The molecule has 0 spiro atoms. The zero-order chi connectivity index (χ0) is 11.3. The summed E-state index contributed by atoms with van der Waals surface area (Å²) in [5.74, 6) is -0.156. The average molecular weight is 207 g/mol. The first-order valence-corrected chi connectivity index (χ1v) is 5.06. The van der Waals surface area contributed by atoms with Gasteiger partial charge in [-0.15, -0.1) is 0 Å². The van der Waals surface area contributed by atoms with Crippen LogP contribution in [0.15, 0.2) is 24.5 Å². The van der Waals surface area contributed by atoms with E-state index >= 15 is 0 Å². The molecular formula is C12H17NO2. The van der Waals surface area contributed by atoms with E-state index in [1.165, 1.54) is 0 Å². The third-order valence-corrected chi connectivity index (χ3v) is 1.99. The molecule has 3 nitrogen and oxygen atoms in total. The Morgan fingerprint density at radius 3 is 2.47 bits per heavy atom. The number of esters is 1. The molecule has 0 unspecified atom stereocenters. The summed E-state index contributed by atoms with van der Waals surface area (Å²) in [6.45, 7) is 5.98. The van der Waals surface area contributed by atoms with E-state index in [4.69, 9.17) is 4.74 Å². The van der Waals surface area contributed by atoms with Crippen LogP contribution in [-0.2, 0) is 16.0 Å². The molecule has 0 radical (unpaired) electrons. The molecule has 1 rings (SSSR count). The van der Waals surface area contributed by atoms with Crippen LogP contribution in [0.3, 0.4) is 0 Å². The van der Waals surface area contributed by atoms with Crippen molar-refractivity contribution < 1.29 is 9.53 Å². The lowest BCUT2D eigenvalue weighted by molar-refractivity contribution is -0.152. The monoisotopic (exact) mass is 207 g/mol. The second kappa shape index (κ2) is 4.91. The predicted octanol–water partition coefficient (Wildman–Crippen LogP) is 2.21. The van der Waals surface area contributed by atoms with E-state index in [2.05, 4.69) is 4.98 Å². The Labute approximate surface area is 90.5 Å². The number of ether oxygens (including phenoxy) is 1. The highest BCUT2D eigenvalue weighted by Gasteiger charge is 2.22. The zero-order valence-corrected chi connectivity index (χ0v) is 9.49. The first-order chi connectivity index (χ1) is 7.00. The van der Waals surface area contributed by atoms with Gasteiger partial charge in [-0.25, -0.2) is 0 Å². The molecule has 0 aliphatic rings. The summed E-state index contributed by atoms with van der Waals surface area (Å²) in [5, 5.41) is 0. The van der Waals surface area contributed by atoms with Crippen LogP contribution in [0.4, 0.5) is 0 Å². The van der Waals surface area contributed by atoms with Crippen molar-refractivity contribution in [3.05, 3.63) is 30.1 Å². The second-order valence-electron chi connectivity index (χ2n) is 4.49. The highest BCUT2D eigenvalue weighted by Crippen LogP contribution is 2.15. The molecular weight excluding hydrogens is 190 g/mol. The van der Waals surface area contributed by atoms with Gasteiger partial charge in [0.1, 0.15) is 0 Å². The second-order valence-corrected chi connectivity index (χ2v) is 4.49. The normalized spacial score (nSPS) is 11.1. The summed E-state index contributed by atoms with van der Waals surface area (Å²) >= 11 is 0. The van der Waals surface area contributed by atoms with Crippen molar-refractivity contribution in [2.45, 2.75) is 27.2 Å². The van der Waals surface area contributed by atoms with E-state index in [1.54, 1.807) is 12.4 Å². The van der Waals surface area contributed by atoms with E-state index in [9.17, 15) is 4.79 Å². The van der Waals surface area contributed by atoms with Crippen LogP contribution in [-0.4, -0.2) is 17.6 Å². The van der Waals surface area contributed by atoms with Gasteiger partial charge in [-0.1, -0.05) is 0 Å². The Kier molecular flexibility index (Phi) is 3.83. The number of aromatic nitrogens is 1. The Morgan fingerprint density at radius 1 is 1.33 bits per heavy atom. The fourth-order valence-electron chi connectivity index (χ4n) is 1.03. The molecule has 0 saturated heterocycles. The van der Waals surface area contributed by atoms with E-state index < -0.39 is 5.41 Å². The fourth-order valence-corrected chi connectivity index (χ4v) is 1.03. The highest BCUT2D eigenvalue weighted by molar-refractivity contribution is 5.75. The highest BCUT2D eigenvalue weighted by atomic mass is 16.5. The summed E-state index contributed by atoms with van der Waals surface area (Å²) < 4.78 is 5.15. The van der Waals surface area contributed by atoms with Crippen LogP contribution < -0.4 is 0 Å². The van der Waals surface area contributed by atoms with Gasteiger partial charge in [0, 0.05) is 18.8 Å². The maximum atomic E-state index is 11.4. The van der Waals surface area contributed by atoms with Crippen molar-refractivity contribution in [1.29, 1.82) is 0 Å². The minimum absolute atomic E-state index is 0.156. The Morgan fingerprint density at radius 2 is 1.93 bits per heavy atom. The van der Waals surface area contributed by atoms with Crippen LogP contribution in [0.2, 0.25) is 0 Å². The molecule has 82 valence electrons. The third kappa shape index (κ3) is 4.11. The lowest BCUT2D eigenvalue weighted by Crippen LogP contribution is -2.23. The maximum absolute atomic E-state index is 11.4. The minimum Gasteiger partial charge on any atom is -0.465 e. The van der Waals surface area contributed by atoms with Gasteiger partial charge < -0.3 is 4.74 Å². The Balaban J connectivity index is 2.32. The van der Waals surface area contributed by atoms with Crippen molar-refractivity contribution in [1.82, 2.24) is 4.98 Å². The summed E-state index contributed by atoms with van der Waals surface area (Å²) in [4.78, 5) is 15.3. The smallest absolute Gasteiger partial charge is 0.311 e. The number of nitrogens with zero attached hydrogens (tertiary/aromatic N) is 1. The predicted molar refractivity (Wildman–Crippen MR) is 58.4 cm³/mol. The zero-order valence-electron chi connectivity index (χ0n) is 9.49. The molecule has 3 heteroatoms. The largest absolute Gasteiger partial charge is 0.465 e. The van der Waals surface area contributed by atoms with Gasteiger partial charge in [0.25, 0.3) is 0 Å². The topological polar surface area (TPSA) is 39.2 Å². The first kappa shape index (κ1) is 11.7. The molecule has 0 saturated carbocycles. The lowest BCUT2D eigenvalue weighted by Gasteiger charge is -2.16. The molecule has 0 N–H and O–H groups in total. The van der Waals surface area contributed by atoms with Crippen LogP contribution >= 0.6 is 0 Å². The molecule has 0 aromatic carbocycles. The number of carbonyl (C=O) groups is 1. The standard InChI is InChI=1S/C12H17NO2/c1-12(2,3)11(14)15-9-6-10-4-7-13-8-5-10/h4-5,7-8H,6,9H2,1-3H3. The summed E-state index contributed by atoms with van der Waals surface area (Å²) in [5.41, 5.74) is 0.713. The Hall–Kier alpha value is -1.38. The molecule has 0 bridgehead atoms. The molecule has 0 atom stereocenters. The van der Waals surface area contributed by atoms with Crippen LogP contribution in [0.25, 0.3) is 0 Å². The third-order valence-electron chi connectivity index (χ3n) is 1.99. The van der Waals surface area contributed by atoms with Gasteiger partial charge in [-0.3, -0.25) is 9.78 Å². The summed E-state index contributed by atoms with van der Waals surface area (Å²) in [6, 6.07) is 3.84. The van der Waals surface area contributed by atoms with Crippen LogP contribution in [0.1, 0.15) is 26.3 Å². The molecule has 0 aliphatic heterocycles. The molecule has 1 aromatic heterocycles. The van der Waals surface area contributed by atoms with Crippen LogP contribution in [0.5, 0.6) is 0 Å². The van der Waals surface area contributed by atoms with Gasteiger partial charge in [0.15, 0.2) is 0 Å². The van der Waals surface area contributed by atoms with E-state index in [0.717, 1.165) is 12.0 Å². The van der Waals surface area contributed by atoms with Gasteiger partial charge in [-0.05, 0) is 38.5 Å². The first-order valence-electron chi connectivity index (χ1n) is 5.06. The van der Waals surface area contributed by atoms with Crippen molar-refractivity contribution in [3.63, 3.8) is 0 Å². The number of pyridine rings is 1. The van der Waals surface area contributed by atoms with Gasteiger partial charge in [-0.2, -0.15) is 0 Å². The molecule has 15 heavy (non-hydrogen) atoms. The van der Waals surface area contributed by atoms with Crippen molar-refractivity contribution in [2.75, 3.05) is 6.61 Å². The lowest BCUT2D eigenvalue weighted by atomic mass is 9.97. The van der Waals surface area contributed by atoms with Crippen LogP contribution in [0, 0.1) is 5.41 Å². The number of hydrogen-bond acceptors (Lipinski definition) is 3. The molecule has 1 heterocycles. The number of rotatable bonds is 3. The summed E-state index contributed by atoms with van der Waals surface area (Å²) in [7, 11) is 0. The SMILES string of the molecule is CC(C)(C)C(=O)OCCc1ccncc1. The molecule has 0 amide bonds. The number of carbonyl (C=O) groups excluding carboxylic acids is 1. The molecule has 1 aromatic rings. The minimum atomic E-state index is -0.418. The van der Waals surface area contributed by atoms with Crippen molar-refractivity contribution >= 4 is 5.97 Å². The van der Waals surface area contributed by atoms with Crippen molar-refractivity contribution in [3.8, 4) is 0 Å². The van der Waals surface area contributed by atoms with Gasteiger partial charge in [0.05, 0.1) is 12.0 Å². The Bertz CT molecular complexity index is 314. The van der Waals surface area contributed by atoms with Crippen molar-refractivity contribution in [2.24, 2.45) is 5.41 Å². The number of hydrogen-bond donors (Lipinski definition) is 0. The average Bonchev–Trinajstić information content (AvgIpc) is 2.18. The molecule has 0 aliphatic carbocycles. The maximum Gasteiger partial charge on any atom is 0.311 e. The van der Waals surface area contributed by atoms with E-state index in [-0.39, 0.29) is 5.97 Å². The van der Waals surface area contributed by atoms with E-state index in [1.807, 2.05) is 32.9 Å².